The number of rotatable bonds is 6. The second-order valence-corrected chi connectivity index (χ2v) is 5.85. The number of aliphatic hydroxyl groups excluding tert-OH is 1. The molecule has 22 heavy (non-hydrogen) atoms. The van der Waals surface area contributed by atoms with Crippen molar-refractivity contribution in [3.05, 3.63) is 35.4 Å². The number of hydrogen-bond acceptors (Lipinski definition) is 3. The Kier molecular flexibility index (Phi) is 7.02. The van der Waals surface area contributed by atoms with Gasteiger partial charge in [0, 0.05) is 17.8 Å². The highest BCUT2D eigenvalue weighted by Crippen LogP contribution is 2.29. The lowest BCUT2D eigenvalue weighted by Gasteiger charge is -2.21. The van der Waals surface area contributed by atoms with E-state index in [0.29, 0.717) is 5.56 Å². The van der Waals surface area contributed by atoms with Crippen LogP contribution in [0.4, 0.5) is 18.0 Å². The van der Waals surface area contributed by atoms with Crippen LogP contribution >= 0.6 is 11.8 Å². The normalized spacial score (nSPS) is 14.3. The van der Waals surface area contributed by atoms with Crippen molar-refractivity contribution >= 4 is 17.8 Å². The molecular weight excluding hydrogens is 317 g/mol. The molecule has 0 bridgehead atoms. The van der Waals surface area contributed by atoms with E-state index < -0.39 is 17.8 Å². The Morgan fingerprint density at radius 3 is 2.64 bits per heavy atom. The van der Waals surface area contributed by atoms with Gasteiger partial charge in [-0.1, -0.05) is 12.1 Å². The SMILES string of the molecule is CSC(CO)C(C)NC(=O)NCc1cccc(C(F)(F)F)c1. The molecule has 124 valence electrons. The number of nitrogens with one attached hydrogen (secondary N) is 2. The lowest BCUT2D eigenvalue weighted by molar-refractivity contribution is -0.137. The highest BCUT2D eigenvalue weighted by molar-refractivity contribution is 7.99. The van der Waals surface area contributed by atoms with Crippen LogP contribution < -0.4 is 10.6 Å². The molecule has 0 aliphatic heterocycles. The standard InChI is InChI=1S/C14H19F3N2O2S/c1-9(12(8-20)22-2)19-13(21)18-7-10-4-3-5-11(6-10)14(15,16)17/h3-6,9,12,20H,7-8H2,1-2H3,(H2,18,19,21). The van der Waals surface area contributed by atoms with Gasteiger partial charge < -0.3 is 15.7 Å². The molecule has 1 aromatic carbocycles. The number of halogens is 3. The maximum atomic E-state index is 12.6. The van der Waals surface area contributed by atoms with E-state index in [2.05, 4.69) is 10.6 Å². The zero-order chi connectivity index (χ0) is 16.8. The van der Waals surface area contributed by atoms with Crippen LogP contribution in [0.15, 0.2) is 24.3 Å². The third-order valence-corrected chi connectivity index (χ3v) is 4.27. The van der Waals surface area contributed by atoms with E-state index in [1.807, 2.05) is 6.26 Å². The first-order valence-corrected chi connectivity index (χ1v) is 7.91. The minimum atomic E-state index is -4.40. The first-order valence-electron chi connectivity index (χ1n) is 6.62. The van der Waals surface area contributed by atoms with Gasteiger partial charge in [0.2, 0.25) is 0 Å². The van der Waals surface area contributed by atoms with Gasteiger partial charge in [-0.15, -0.1) is 0 Å². The zero-order valence-corrected chi connectivity index (χ0v) is 13.1. The summed E-state index contributed by atoms with van der Waals surface area (Å²) in [6.45, 7) is 1.67. The van der Waals surface area contributed by atoms with E-state index in [1.165, 1.54) is 23.9 Å². The Balaban J connectivity index is 2.54. The molecule has 1 rings (SSSR count). The van der Waals surface area contributed by atoms with Gasteiger partial charge in [0.25, 0.3) is 0 Å². The van der Waals surface area contributed by atoms with Crippen LogP contribution in [0.5, 0.6) is 0 Å². The van der Waals surface area contributed by atoms with E-state index in [1.54, 1.807) is 6.92 Å². The molecule has 0 radical (unpaired) electrons. The Labute approximate surface area is 131 Å². The summed E-state index contributed by atoms with van der Waals surface area (Å²) in [7, 11) is 0. The maximum absolute atomic E-state index is 12.6. The van der Waals surface area contributed by atoms with Crippen molar-refractivity contribution in [3.8, 4) is 0 Å². The van der Waals surface area contributed by atoms with Gasteiger partial charge >= 0.3 is 12.2 Å². The summed E-state index contributed by atoms with van der Waals surface area (Å²) in [5, 5.41) is 14.1. The topological polar surface area (TPSA) is 61.4 Å². The van der Waals surface area contributed by atoms with Crippen LogP contribution in [-0.4, -0.2) is 35.3 Å². The lowest BCUT2D eigenvalue weighted by Crippen LogP contribution is -2.45. The van der Waals surface area contributed by atoms with E-state index in [4.69, 9.17) is 5.11 Å². The Hall–Kier alpha value is -1.41. The molecule has 3 N–H and O–H groups in total. The van der Waals surface area contributed by atoms with Crippen molar-refractivity contribution < 1.29 is 23.1 Å². The van der Waals surface area contributed by atoms with Crippen molar-refractivity contribution in [2.75, 3.05) is 12.9 Å². The quantitative estimate of drug-likeness (QED) is 0.748. The van der Waals surface area contributed by atoms with Crippen molar-refractivity contribution in [1.82, 2.24) is 10.6 Å². The number of amides is 2. The smallest absolute Gasteiger partial charge is 0.395 e. The number of carbonyl (C=O) groups is 1. The van der Waals surface area contributed by atoms with Crippen LogP contribution in [0.1, 0.15) is 18.1 Å². The van der Waals surface area contributed by atoms with Crippen LogP contribution in [0.2, 0.25) is 0 Å². The zero-order valence-electron chi connectivity index (χ0n) is 12.3. The molecule has 0 aromatic heterocycles. The fourth-order valence-corrected chi connectivity index (χ4v) is 2.45. The lowest BCUT2D eigenvalue weighted by atomic mass is 10.1. The van der Waals surface area contributed by atoms with Crippen LogP contribution in [0.25, 0.3) is 0 Å². The number of aliphatic hydroxyl groups is 1. The van der Waals surface area contributed by atoms with E-state index >= 15 is 0 Å². The molecule has 0 aliphatic carbocycles. The van der Waals surface area contributed by atoms with Gasteiger partial charge in [-0.2, -0.15) is 24.9 Å². The van der Waals surface area contributed by atoms with Gasteiger partial charge in [-0.3, -0.25) is 0 Å². The summed E-state index contributed by atoms with van der Waals surface area (Å²) in [6.07, 6.45) is -2.58. The molecule has 0 spiro atoms. The highest BCUT2D eigenvalue weighted by Gasteiger charge is 2.30. The second kappa shape index (κ2) is 8.28. The average Bonchev–Trinajstić information content (AvgIpc) is 2.46. The molecule has 4 nitrogen and oxygen atoms in total. The van der Waals surface area contributed by atoms with Crippen molar-refractivity contribution in [1.29, 1.82) is 0 Å². The first-order chi connectivity index (χ1) is 10.3. The maximum Gasteiger partial charge on any atom is 0.416 e. The largest absolute Gasteiger partial charge is 0.416 e. The van der Waals surface area contributed by atoms with Crippen LogP contribution in [-0.2, 0) is 12.7 Å². The molecule has 8 heteroatoms. The molecule has 2 unspecified atom stereocenters. The predicted molar refractivity (Wildman–Crippen MR) is 80.7 cm³/mol. The molecule has 0 heterocycles. The molecule has 1 aromatic rings. The second-order valence-electron chi connectivity index (χ2n) is 4.77. The molecule has 0 saturated heterocycles. The van der Waals surface area contributed by atoms with Crippen LogP contribution in [0.3, 0.4) is 0 Å². The summed E-state index contributed by atoms with van der Waals surface area (Å²) < 4.78 is 37.7. The van der Waals surface area contributed by atoms with Gasteiger partial charge in [0.05, 0.1) is 12.2 Å². The van der Waals surface area contributed by atoms with E-state index in [-0.39, 0.29) is 24.4 Å². The summed E-state index contributed by atoms with van der Waals surface area (Å²) in [5.41, 5.74) is -0.385. The molecule has 0 fully saturated rings. The first kappa shape index (κ1) is 18.6. The molecule has 0 aliphatic rings. The summed E-state index contributed by atoms with van der Waals surface area (Å²) >= 11 is 1.42. The van der Waals surface area contributed by atoms with Crippen molar-refractivity contribution in [3.63, 3.8) is 0 Å². The minimum Gasteiger partial charge on any atom is -0.395 e. The van der Waals surface area contributed by atoms with E-state index in [9.17, 15) is 18.0 Å². The third-order valence-electron chi connectivity index (χ3n) is 3.11. The molecule has 2 atom stereocenters. The number of urea groups is 1. The Morgan fingerprint density at radius 1 is 1.41 bits per heavy atom. The van der Waals surface area contributed by atoms with Gasteiger partial charge in [-0.25, -0.2) is 4.79 Å². The number of carbonyl (C=O) groups excluding carboxylic acids is 1. The summed E-state index contributed by atoms with van der Waals surface area (Å²) in [4.78, 5) is 11.7. The fraction of sp³-hybridized carbons (Fsp3) is 0.500. The third kappa shape index (κ3) is 5.76. The van der Waals surface area contributed by atoms with Crippen molar-refractivity contribution in [2.45, 2.75) is 30.9 Å². The number of benzene rings is 1. The molecular formula is C14H19F3N2O2S. The highest BCUT2D eigenvalue weighted by atomic mass is 32.2. The van der Waals surface area contributed by atoms with Crippen LogP contribution in [0, 0.1) is 0 Å². The van der Waals surface area contributed by atoms with Gasteiger partial charge in [0.1, 0.15) is 0 Å². The number of hydrogen-bond donors (Lipinski definition) is 3. The van der Waals surface area contributed by atoms with Gasteiger partial charge in [0.15, 0.2) is 0 Å². The number of thioether (sulfide) groups is 1. The predicted octanol–water partition coefficient (Wildman–Crippen LogP) is 2.62. The molecule has 0 saturated carbocycles. The number of alkyl halides is 3. The summed E-state index contributed by atoms with van der Waals surface area (Å²) in [5.74, 6) is 0. The Morgan fingerprint density at radius 2 is 2.09 bits per heavy atom. The van der Waals surface area contributed by atoms with E-state index in [0.717, 1.165) is 12.1 Å². The average molecular weight is 336 g/mol. The molecule has 2 amide bonds. The monoisotopic (exact) mass is 336 g/mol. The minimum absolute atomic E-state index is 0.00840. The summed E-state index contributed by atoms with van der Waals surface area (Å²) in [6, 6.07) is 4.05. The Bertz CT molecular complexity index is 493. The van der Waals surface area contributed by atoms with Crippen molar-refractivity contribution in [2.24, 2.45) is 0 Å². The van der Waals surface area contributed by atoms with Gasteiger partial charge in [-0.05, 0) is 30.9 Å². The fourth-order valence-electron chi connectivity index (χ4n) is 1.83.